The molecule has 2 aromatic carbocycles. The van der Waals surface area contributed by atoms with Gasteiger partial charge in [0.25, 0.3) is 11.9 Å². The van der Waals surface area contributed by atoms with Crippen LogP contribution in [0, 0.1) is 0 Å². The van der Waals surface area contributed by atoms with Crippen LogP contribution in [0.3, 0.4) is 0 Å². The number of aliphatic carboxylic acids is 1. The summed E-state index contributed by atoms with van der Waals surface area (Å²) in [5.41, 5.74) is 8.11. The molecule has 0 atom stereocenters. The molecule has 0 spiro atoms. The molecule has 0 radical (unpaired) electrons. The zero-order valence-corrected chi connectivity index (χ0v) is 21.3. The van der Waals surface area contributed by atoms with Crippen LogP contribution in [0.2, 0.25) is 5.02 Å². The van der Waals surface area contributed by atoms with E-state index in [9.17, 15) is 4.79 Å². The first-order valence-corrected chi connectivity index (χ1v) is 12.5. The lowest BCUT2D eigenvalue weighted by Gasteiger charge is -2.11. The number of nitrogens with one attached hydrogen (secondary N) is 3. The number of hydrogen-bond donors (Lipinski definition) is 4. The largest absolute Gasteiger partial charge is 0.481 e. The van der Waals surface area contributed by atoms with Crippen LogP contribution in [-0.4, -0.2) is 40.0 Å². The van der Waals surface area contributed by atoms with Gasteiger partial charge in [0, 0.05) is 60.2 Å². The summed E-state index contributed by atoms with van der Waals surface area (Å²) in [5.74, 6) is -0.844. The normalized spacial score (nSPS) is 12.2. The van der Waals surface area contributed by atoms with E-state index >= 15 is 0 Å². The number of fused-ring (bicyclic) bond motifs is 1. The Bertz CT molecular complexity index is 1400. The van der Waals surface area contributed by atoms with Gasteiger partial charge in [-0.25, -0.2) is 0 Å². The Balaban J connectivity index is 0.000000747. The molecule has 0 bridgehead atoms. The first-order valence-electron chi connectivity index (χ1n) is 12.1. The van der Waals surface area contributed by atoms with Crippen molar-refractivity contribution in [3.8, 4) is 22.5 Å². The second kappa shape index (κ2) is 12.3. The highest BCUT2D eigenvalue weighted by Crippen LogP contribution is 2.27. The number of hydrogen-bond acceptors (Lipinski definition) is 4. The molecule has 0 saturated heterocycles. The zero-order chi connectivity index (χ0) is 26.2. The van der Waals surface area contributed by atoms with Crippen LogP contribution >= 0.6 is 11.6 Å². The molecule has 4 aromatic rings. The third-order valence-electron chi connectivity index (χ3n) is 5.91. The molecule has 37 heavy (non-hydrogen) atoms. The van der Waals surface area contributed by atoms with Crippen molar-refractivity contribution < 1.29 is 14.7 Å². The molecule has 0 aliphatic carbocycles. The molecule has 2 aromatic heterocycles. The molecule has 1 aliphatic rings. The molecule has 0 unspecified atom stereocenters. The first-order chi connectivity index (χ1) is 17.9. The van der Waals surface area contributed by atoms with Gasteiger partial charge in [-0.05, 0) is 60.5 Å². The minimum atomic E-state index is -0.833. The predicted molar refractivity (Wildman–Crippen MR) is 146 cm³/mol. The van der Waals surface area contributed by atoms with Gasteiger partial charge in [0.2, 0.25) is 0 Å². The summed E-state index contributed by atoms with van der Waals surface area (Å²) >= 11 is 6.07. The van der Waals surface area contributed by atoms with Crippen LogP contribution in [0.1, 0.15) is 34.1 Å². The van der Waals surface area contributed by atoms with Gasteiger partial charge in [0.05, 0.1) is 11.3 Å². The summed E-state index contributed by atoms with van der Waals surface area (Å²) in [6, 6.07) is 22.4. The van der Waals surface area contributed by atoms with Gasteiger partial charge in [0.15, 0.2) is 0 Å². The van der Waals surface area contributed by atoms with E-state index in [1.807, 2.05) is 36.5 Å². The Morgan fingerprint density at radius 3 is 2.62 bits per heavy atom. The van der Waals surface area contributed by atoms with Crippen molar-refractivity contribution >= 4 is 23.5 Å². The van der Waals surface area contributed by atoms with E-state index < -0.39 is 5.97 Å². The fourth-order valence-electron chi connectivity index (χ4n) is 4.20. The van der Waals surface area contributed by atoms with E-state index in [0.717, 1.165) is 71.6 Å². The maximum absolute atomic E-state index is 12.1. The van der Waals surface area contributed by atoms with E-state index in [2.05, 4.69) is 57.0 Å². The summed E-state index contributed by atoms with van der Waals surface area (Å²) in [6.07, 6.45) is 3.58. The van der Waals surface area contributed by atoms with Gasteiger partial charge in [-0.3, -0.25) is 14.6 Å². The molecular formula is C29H29ClN4O3. The number of carboxylic acids is 1. The van der Waals surface area contributed by atoms with E-state index in [1.54, 1.807) is 0 Å². The lowest BCUT2D eigenvalue weighted by Crippen LogP contribution is -2.31. The molecule has 3 heterocycles. The molecule has 5 rings (SSSR count). The standard InChI is InChI=1S/C27H25ClN4O.C2H4O2/c28-22-6-2-3-18(14-22)7-10-29-17-19-4-1-5-20(13-19)25-15-21(8-11-30-25)26-16-23-24(32-26)9-12-31-27(23)33;1-2(3)4/h1-6,8,11,13-16,29,32H,7,9-10,12,17H2,(H,31,33);1H3,(H,3,4). The number of aromatic amines is 1. The number of carbonyl (C=O) groups is 2. The summed E-state index contributed by atoms with van der Waals surface area (Å²) in [5, 5.41) is 14.6. The maximum Gasteiger partial charge on any atom is 0.300 e. The number of benzene rings is 2. The average molecular weight is 517 g/mol. The lowest BCUT2D eigenvalue weighted by atomic mass is 10.0. The summed E-state index contributed by atoms with van der Waals surface area (Å²) in [4.78, 5) is 29.1. The Hall–Kier alpha value is -3.94. The number of nitrogens with zero attached hydrogens (tertiary/aromatic N) is 1. The lowest BCUT2D eigenvalue weighted by molar-refractivity contribution is -0.134. The predicted octanol–water partition coefficient (Wildman–Crippen LogP) is 5.11. The summed E-state index contributed by atoms with van der Waals surface area (Å²) in [6.45, 7) is 3.42. The van der Waals surface area contributed by atoms with Crippen LogP contribution in [0.25, 0.3) is 22.5 Å². The van der Waals surface area contributed by atoms with E-state index in [1.165, 1.54) is 11.1 Å². The smallest absolute Gasteiger partial charge is 0.300 e. The van der Waals surface area contributed by atoms with Crippen molar-refractivity contribution in [2.24, 2.45) is 0 Å². The molecule has 1 aliphatic heterocycles. The van der Waals surface area contributed by atoms with Crippen molar-refractivity contribution in [3.05, 3.63) is 100 Å². The second-order valence-electron chi connectivity index (χ2n) is 8.79. The molecule has 4 N–H and O–H groups in total. The van der Waals surface area contributed by atoms with Crippen LogP contribution < -0.4 is 10.6 Å². The van der Waals surface area contributed by atoms with Gasteiger partial charge in [-0.15, -0.1) is 0 Å². The van der Waals surface area contributed by atoms with Gasteiger partial charge >= 0.3 is 0 Å². The summed E-state index contributed by atoms with van der Waals surface area (Å²) in [7, 11) is 0. The van der Waals surface area contributed by atoms with Crippen molar-refractivity contribution in [3.63, 3.8) is 0 Å². The number of H-pyrrole nitrogens is 1. The second-order valence-corrected chi connectivity index (χ2v) is 9.22. The van der Waals surface area contributed by atoms with Gasteiger partial charge in [-0.2, -0.15) is 0 Å². The van der Waals surface area contributed by atoms with Crippen LogP contribution in [0.4, 0.5) is 0 Å². The number of halogens is 1. The van der Waals surface area contributed by atoms with Crippen molar-refractivity contribution in [1.29, 1.82) is 0 Å². The zero-order valence-electron chi connectivity index (χ0n) is 20.6. The number of rotatable bonds is 7. The molecule has 0 fully saturated rings. The quantitative estimate of drug-likeness (QED) is 0.255. The summed E-state index contributed by atoms with van der Waals surface area (Å²) < 4.78 is 0. The number of pyridine rings is 1. The van der Waals surface area contributed by atoms with Gasteiger partial charge < -0.3 is 20.7 Å². The van der Waals surface area contributed by atoms with Gasteiger partial charge in [0.1, 0.15) is 0 Å². The minimum Gasteiger partial charge on any atom is -0.481 e. The first kappa shape index (κ1) is 26.1. The van der Waals surface area contributed by atoms with Crippen LogP contribution in [0.5, 0.6) is 0 Å². The van der Waals surface area contributed by atoms with E-state index in [4.69, 9.17) is 21.5 Å². The van der Waals surface area contributed by atoms with Crippen molar-refractivity contribution in [2.75, 3.05) is 13.1 Å². The SMILES string of the molecule is CC(=O)O.O=C1NCCc2[nH]c(-c3ccnc(-c4cccc(CNCCc5cccc(Cl)c5)c4)c3)cc21. The monoisotopic (exact) mass is 516 g/mol. The Labute approximate surface area is 220 Å². The molecule has 0 saturated carbocycles. The average Bonchev–Trinajstić information content (AvgIpc) is 3.33. The number of aromatic nitrogens is 2. The Kier molecular flexibility index (Phi) is 8.72. The molecule has 8 heteroatoms. The van der Waals surface area contributed by atoms with Crippen molar-refractivity contribution in [2.45, 2.75) is 26.3 Å². The highest BCUT2D eigenvalue weighted by atomic mass is 35.5. The van der Waals surface area contributed by atoms with E-state index in [0.29, 0.717) is 6.54 Å². The van der Waals surface area contributed by atoms with Crippen LogP contribution in [0.15, 0.2) is 72.9 Å². The minimum absolute atomic E-state index is 0.0106. The highest BCUT2D eigenvalue weighted by molar-refractivity contribution is 6.30. The molecule has 190 valence electrons. The third-order valence-corrected chi connectivity index (χ3v) is 6.14. The number of carbonyl (C=O) groups excluding carboxylic acids is 1. The van der Waals surface area contributed by atoms with Crippen molar-refractivity contribution in [1.82, 2.24) is 20.6 Å². The molecule has 1 amide bonds. The third kappa shape index (κ3) is 7.29. The number of carboxylic acid groups (broad SMARTS) is 1. The Morgan fingerprint density at radius 2 is 1.84 bits per heavy atom. The molecular weight excluding hydrogens is 488 g/mol. The van der Waals surface area contributed by atoms with Crippen LogP contribution in [-0.2, 0) is 24.2 Å². The van der Waals surface area contributed by atoms with Gasteiger partial charge in [-0.1, -0.05) is 41.9 Å². The Morgan fingerprint density at radius 1 is 1.05 bits per heavy atom. The van der Waals surface area contributed by atoms with E-state index in [-0.39, 0.29) is 5.91 Å². The fraction of sp³-hybridized carbons (Fsp3) is 0.207. The fourth-order valence-corrected chi connectivity index (χ4v) is 4.42. The molecule has 7 nitrogen and oxygen atoms in total. The maximum atomic E-state index is 12.1. The highest BCUT2D eigenvalue weighted by Gasteiger charge is 2.20. The number of amides is 1. The topological polar surface area (TPSA) is 107 Å².